The molecule has 1 saturated heterocycles. The third-order valence-electron chi connectivity index (χ3n) is 4.08. The molecule has 0 aromatic heterocycles. The first kappa shape index (κ1) is 20.3. The summed E-state index contributed by atoms with van der Waals surface area (Å²) in [7, 11) is 0.510. The lowest BCUT2D eigenvalue weighted by atomic mass is 10.1. The number of benzene rings is 1. The highest BCUT2D eigenvalue weighted by Gasteiger charge is 2.32. The van der Waals surface area contributed by atoms with Crippen LogP contribution in [0.5, 0.6) is 0 Å². The molecule has 1 fully saturated rings. The Bertz CT molecular complexity index is 512. The summed E-state index contributed by atoms with van der Waals surface area (Å²) >= 11 is 0. The van der Waals surface area contributed by atoms with E-state index in [2.05, 4.69) is 43.5 Å². The normalized spacial score (nSPS) is 24.7. The van der Waals surface area contributed by atoms with Gasteiger partial charge < -0.3 is 18.9 Å². The zero-order valence-corrected chi connectivity index (χ0v) is 16.9. The molecule has 0 bridgehead atoms. The van der Waals surface area contributed by atoms with Crippen molar-refractivity contribution in [3.05, 3.63) is 47.7 Å². The molecule has 1 aromatic rings. The van der Waals surface area contributed by atoms with E-state index in [1.807, 2.05) is 18.2 Å². The van der Waals surface area contributed by atoms with E-state index in [-0.39, 0.29) is 18.5 Å². The molecule has 140 valence electrons. The van der Waals surface area contributed by atoms with Gasteiger partial charge in [0.1, 0.15) is 6.10 Å². The van der Waals surface area contributed by atoms with Crippen LogP contribution in [-0.2, 0) is 25.6 Å². The molecule has 0 aliphatic carbocycles. The van der Waals surface area contributed by atoms with Crippen molar-refractivity contribution in [1.29, 1.82) is 0 Å². The van der Waals surface area contributed by atoms with E-state index in [4.69, 9.17) is 18.9 Å². The van der Waals surface area contributed by atoms with Crippen molar-refractivity contribution >= 4 is 8.07 Å². The topological polar surface area (TPSA) is 36.9 Å². The third kappa shape index (κ3) is 7.84. The van der Waals surface area contributed by atoms with Crippen LogP contribution >= 0.6 is 0 Å². The highest BCUT2D eigenvalue weighted by Crippen LogP contribution is 2.23. The standard InChI is InChI=1S/C20H32O4Si/c1-21-20-19(23-13-8-14-25(2,3)4)12-11-18(24-20)16-22-15-17-9-6-5-7-10-17/h5-10,14,18-20H,11-13,15-16H2,1-4H3/b14-8-/t18-,19-,20+/m0/s1. The maximum atomic E-state index is 6.00. The van der Waals surface area contributed by atoms with Crippen LogP contribution in [0.1, 0.15) is 18.4 Å². The van der Waals surface area contributed by atoms with Gasteiger partial charge in [0.05, 0.1) is 34.0 Å². The molecule has 0 spiro atoms. The molecule has 5 heteroatoms. The fourth-order valence-corrected chi connectivity index (χ4v) is 3.59. The molecule has 3 atom stereocenters. The molecule has 25 heavy (non-hydrogen) atoms. The molecule has 1 aromatic carbocycles. The van der Waals surface area contributed by atoms with E-state index >= 15 is 0 Å². The highest BCUT2D eigenvalue weighted by molar-refractivity contribution is 6.80. The minimum Gasteiger partial charge on any atom is -0.374 e. The smallest absolute Gasteiger partial charge is 0.183 e. The zero-order valence-electron chi connectivity index (χ0n) is 15.9. The van der Waals surface area contributed by atoms with Crippen molar-refractivity contribution in [3.8, 4) is 0 Å². The molecule has 0 N–H and O–H groups in total. The summed E-state index contributed by atoms with van der Waals surface area (Å²) in [6, 6.07) is 10.2. The molecule has 1 aliphatic heterocycles. The van der Waals surface area contributed by atoms with Gasteiger partial charge in [-0.05, 0) is 18.4 Å². The first-order valence-electron chi connectivity index (χ1n) is 9.07. The Labute approximate surface area is 153 Å². The maximum Gasteiger partial charge on any atom is 0.183 e. The Hall–Kier alpha value is -0.983. The average molecular weight is 365 g/mol. The number of rotatable bonds is 9. The van der Waals surface area contributed by atoms with Crippen LogP contribution in [0, 0.1) is 0 Å². The van der Waals surface area contributed by atoms with Crippen LogP contribution < -0.4 is 0 Å². The van der Waals surface area contributed by atoms with Gasteiger partial charge in [-0.25, -0.2) is 0 Å². The summed E-state index contributed by atoms with van der Waals surface area (Å²) in [4.78, 5) is 0. The maximum absolute atomic E-state index is 6.00. The van der Waals surface area contributed by atoms with Gasteiger partial charge in [-0.2, -0.15) is 0 Å². The molecular weight excluding hydrogens is 332 g/mol. The van der Waals surface area contributed by atoms with E-state index in [1.54, 1.807) is 7.11 Å². The molecule has 0 radical (unpaired) electrons. The predicted molar refractivity (Wildman–Crippen MR) is 103 cm³/mol. The van der Waals surface area contributed by atoms with Crippen LogP contribution in [-0.4, -0.2) is 46.9 Å². The molecule has 2 rings (SSSR count). The summed E-state index contributed by atoms with van der Waals surface area (Å²) in [6.45, 7) is 8.74. The van der Waals surface area contributed by atoms with E-state index in [0.29, 0.717) is 19.8 Å². The Morgan fingerprint density at radius 3 is 2.60 bits per heavy atom. The van der Waals surface area contributed by atoms with E-state index in [0.717, 1.165) is 12.8 Å². The fourth-order valence-electron chi connectivity index (χ4n) is 2.79. The fraction of sp³-hybridized carbons (Fsp3) is 0.600. The summed E-state index contributed by atoms with van der Waals surface area (Å²) in [5, 5.41) is 0. The van der Waals surface area contributed by atoms with Gasteiger partial charge in [-0.3, -0.25) is 0 Å². The van der Waals surface area contributed by atoms with Crippen molar-refractivity contribution < 1.29 is 18.9 Å². The summed E-state index contributed by atoms with van der Waals surface area (Å²) in [6.07, 6.45) is 3.72. The second-order valence-corrected chi connectivity index (χ2v) is 12.6. The van der Waals surface area contributed by atoms with Crippen molar-refractivity contribution in [2.75, 3.05) is 20.3 Å². The molecule has 0 unspecified atom stereocenters. The van der Waals surface area contributed by atoms with Crippen LogP contribution in [0.15, 0.2) is 42.1 Å². The lowest BCUT2D eigenvalue weighted by molar-refractivity contribution is -0.246. The molecule has 0 amide bonds. The van der Waals surface area contributed by atoms with Gasteiger partial charge in [0, 0.05) is 7.11 Å². The first-order chi connectivity index (χ1) is 12.0. The summed E-state index contributed by atoms with van der Waals surface area (Å²) in [5.41, 5.74) is 3.48. The highest BCUT2D eigenvalue weighted by atomic mass is 28.3. The first-order valence-corrected chi connectivity index (χ1v) is 12.6. The SMILES string of the molecule is CO[C@@H]1O[C@H](COCc2ccccc2)CC[C@@H]1OC/C=C\[Si](C)(C)C. The van der Waals surface area contributed by atoms with Gasteiger partial charge in [-0.1, -0.05) is 61.7 Å². The van der Waals surface area contributed by atoms with E-state index in [1.165, 1.54) is 5.56 Å². The van der Waals surface area contributed by atoms with Crippen LogP contribution in [0.25, 0.3) is 0 Å². The second-order valence-electron chi connectivity index (χ2n) is 7.58. The van der Waals surface area contributed by atoms with Crippen LogP contribution in [0.4, 0.5) is 0 Å². The Kier molecular flexibility index (Phi) is 8.32. The van der Waals surface area contributed by atoms with Crippen molar-refractivity contribution in [1.82, 2.24) is 0 Å². The molecular formula is C20H32O4Si. The Balaban J connectivity index is 1.70. The average Bonchev–Trinajstić information content (AvgIpc) is 2.59. The van der Waals surface area contributed by atoms with Crippen molar-refractivity contribution in [3.63, 3.8) is 0 Å². The summed E-state index contributed by atoms with van der Waals surface area (Å²) < 4.78 is 23.2. The number of ether oxygens (including phenoxy) is 4. The largest absolute Gasteiger partial charge is 0.374 e. The minimum atomic E-state index is -1.16. The summed E-state index contributed by atoms with van der Waals surface area (Å²) in [5.74, 6) is 0. The van der Waals surface area contributed by atoms with Gasteiger partial charge in [-0.15, -0.1) is 0 Å². The van der Waals surface area contributed by atoms with Gasteiger partial charge >= 0.3 is 0 Å². The minimum absolute atomic E-state index is 0.0124. The third-order valence-corrected chi connectivity index (χ3v) is 5.31. The monoisotopic (exact) mass is 364 g/mol. The van der Waals surface area contributed by atoms with Crippen LogP contribution in [0.2, 0.25) is 19.6 Å². The molecule has 1 aliphatic rings. The number of hydrogen-bond donors (Lipinski definition) is 0. The molecule has 4 nitrogen and oxygen atoms in total. The van der Waals surface area contributed by atoms with Gasteiger partial charge in [0.25, 0.3) is 0 Å². The Morgan fingerprint density at radius 1 is 1.16 bits per heavy atom. The molecule has 0 saturated carbocycles. The van der Waals surface area contributed by atoms with Crippen molar-refractivity contribution in [2.24, 2.45) is 0 Å². The van der Waals surface area contributed by atoms with E-state index in [9.17, 15) is 0 Å². The lowest BCUT2D eigenvalue weighted by Gasteiger charge is -2.35. The van der Waals surface area contributed by atoms with Gasteiger partial charge in [0.15, 0.2) is 6.29 Å². The Morgan fingerprint density at radius 2 is 1.92 bits per heavy atom. The quantitative estimate of drug-likeness (QED) is 0.616. The lowest BCUT2D eigenvalue weighted by Crippen LogP contribution is -2.43. The van der Waals surface area contributed by atoms with Gasteiger partial charge in [0.2, 0.25) is 0 Å². The number of hydrogen-bond acceptors (Lipinski definition) is 4. The second kappa shape index (κ2) is 10.2. The zero-order chi connectivity index (χ0) is 18.1. The predicted octanol–water partition coefficient (Wildman–Crippen LogP) is 4.17. The molecule has 1 heterocycles. The van der Waals surface area contributed by atoms with E-state index < -0.39 is 8.07 Å². The number of methoxy groups -OCH3 is 1. The van der Waals surface area contributed by atoms with Crippen molar-refractivity contribution in [2.45, 2.75) is 57.6 Å². The van der Waals surface area contributed by atoms with Crippen LogP contribution in [0.3, 0.4) is 0 Å².